The molecule has 0 bridgehead atoms. The average Bonchev–Trinajstić information content (AvgIpc) is 2.83. The predicted molar refractivity (Wildman–Crippen MR) is 103 cm³/mol. The van der Waals surface area contributed by atoms with Gasteiger partial charge in [-0.2, -0.15) is 0 Å². The summed E-state index contributed by atoms with van der Waals surface area (Å²) in [5.41, 5.74) is 0.434. The minimum Gasteiger partial charge on any atom is -0.478 e. The Morgan fingerprint density at radius 1 is 1.23 bits per heavy atom. The highest BCUT2D eigenvalue weighted by atomic mass is 32.2. The van der Waals surface area contributed by atoms with E-state index in [9.17, 15) is 18.3 Å². The van der Waals surface area contributed by atoms with Crippen LogP contribution in [0.3, 0.4) is 0 Å². The molecule has 0 heterocycles. The van der Waals surface area contributed by atoms with Crippen LogP contribution in [-0.2, 0) is 10.0 Å². The van der Waals surface area contributed by atoms with E-state index in [1.54, 1.807) is 6.07 Å². The molecular formula is C19H30N2O4S. The van der Waals surface area contributed by atoms with Crippen LogP contribution in [0.1, 0.15) is 75.6 Å². The molecule has 26 heavy (non-hydrogen) atoms. The zero-order valence-electron chi connectivity index (χ0n) is 15.6. The number of hydrogen-bond acceptors (Lipinski definition) is 4. The highest BCUT2D eigenvalue weighted by Crippen LogP contribution is 2.24. The Hall–Kier alpha value is -1.60. The number of hydrogen-bond donors (Lipinski definition) is 3. The van der Waals surface area contributed by atoms with Crippen molar-refractivity contribution in [3.05, 3.63) is 23.8 Å². The van der Waals surface area contributed by atoms with E-state index in [2.05, 4.69) is 17.0 Å². The molecule has 0 saturated heterocycles. The number of sulfonamides is 1. The third-order valence-corrected chi connectivity index (χ3v) is 6.35. The largest absolute Gasteiger partial charge is 0.478 e. The quantitative estimate of drug-likeness (QED) is 0.591. The van der Waals surface area contributed by atoms with Crippen molar-refractivity contribution in [1.29, 1.82) is 0 Å². The molecule has 1 aliphatic carbocycles. The Bertz CT molecular complexity index is 710. The van der Waals surface area contributed by atoms with Gasteiger partial charge in [-0.25, -0.2) is 17.9 Å². The van der Waals surface area contributed by atoms with Gasteiger partial charge in [0.05, 0.1) is 10.5 Å². The Morgan fingerprint density at radius 3 is 2.46 bits per heavy atom. The molecule has 1 aromatic carbocycles. The van der Waals surface area contributed by atoms with Crippen LogP contribution in [0.4, 0.5) is 5.69 Å². The Balaban J connectivity index is 2.22. The second kappa shape index (κ2) is 9.37. The van der Waals surface area contributed by atoms with Gasteiger partial charge in [-0.05, 0) is 44.4 Å². The molecule has 0 radical (unpaired) electrons. The zero-order chi connectivity index (χ0) is 19.2. The summed E-state index contributed by atoms with van der Waals surface area (Å²) in [6.45, 7) is 4.04. The Kier molecular flexibility index (Phi) is 7.46. The topological polar surface area (TPSA) is 95.5 Å². The van der Waals surface area contributed by atoms with Crippen molar-refractivity contribution in [1.82, 2.24) is 4.72 Å². The molecule has 2 rings (SSSR count). The molecule has 7 heteroatoms. The molecule has 0 amide bonds. The normalized spacial score (nSPS) is 17.5. The van der Waals surface area contributed by atoms with Gasteiger partial charge in [0.1, 0.15) is 0 Å². The monoisotopic (exact) mass is 382 g/mol. The van der Waals surface area contributed by atoms with E-state index in [4.69, 9.17) is 0 Å². The van der Waals surface area contributed by atoms with Gasteiger partial charge < -0.3 is 10.4 Å². The molecule has 1 fully saturated rings. The van der Waals surface area contributed by atoms with Crippen molar-refractivity contribution in [3.63, 3.8) is 0 Å². The molecule has 1 aromatic rings. The summed E-state index contributed by atoms with van der Waals surface area (Å²) in [6.07, 6.45) is 7.86. The number of benzene rings is 1. The van der Waals surface area contributed by atoms with Gasteiger partial charge in [-0.1, -0.05) is 39.0 Å². The van der Waals surface area contributed by atoms with Crippen LogP contribution in [0.15, 0.2) is 23.1 Å². The lowest BCUT2D eigenvalue weighted by Gasteiger charge is -2.19. The Morgan fingerprint density at radius 2 is 1.88 bits per heavy atom. The van der Waals surface area contributed by atoms with Crippen LogP contribution in [0.25, 0.3) is 0 Å². The van der Waals surface area contributed by atoms with Gasteiger partial charge >= 0.3 is 5.97 Å². The maximum absolute atomic E-state index is 12.7. The van der Waals surface area contributed by atoms with Gasteiger partial charge in [0.25, 0.3) is 0 Å². The lowest BCUT2D eigenvalue weighted by atomic mass is 10.1. The molecule has 6 nitrogen and oxygen atoms in total. The van der Waals surface area contributed by atoms with Crippen LogP contribution in [0.5, 0.6) is 0 Å². The number of anilines is 1. The van der Waals surface area contributed by atoms with Crippen molar-refractivity contribution in [2.45, 2.75) is 82.2 Å². The van der Waals surface area contributed by atoms with E-state index in [1.807, 2.05) is 6.92 Å². The van der Waals surface area contributed by atoms with E-state index < -0.39 is 16.0 Å². The van der Waals surface area contributed by atoms with Crippen molar-refractivity contribution in [2.24, 2.45) is 0 Å². The number of carboxylic acid groups (broad SMARTS) is 1. The van der Waals surface area contributed by atoms with Gasteiger partial charge in [0.15, 0.2) is 0 Å². The summed E-state index contributed by atoms with van der Waals surface area (Å²) < 4.78 is 28.2. The van der Waals surface area contributed by atoms with Crippen LogP contribution in [0.2, 0.25) is 0 Å². The van der Waals surface area contributed by atoms with E-state index in [0.29, 0.717) is 5.69 Å². The lowest BCUT2D eigenvalue weighted by molar-refractivity contribution is 0.0697. The first kappa shape index (κ1) is 20.7. The van der Waals surface area contributed by atoms with Crippen molar-refractivity contribution < 1.29 is 18.3 Å². The SMILES string of the molecule is CCC[C@H](C)Nc1ccc(S(=O)(=O)NC2CCCCCC2)cc1C(=O)O. The number of carboxylic acids is 1. The lowest BCUT2D eigenvalue weighted by Crippen LogP contribution is -2.34. The number of aromatic carboxylic acids is 1. The van der Waals surface area contributed by atoms with Crippen molar-refractivity contribution in [2.75, 3.05) is 5.32 Å². The summed E-state index contributed by atoms with van der Waals surface area (Å²) in [5, 5.41) is 12.7. The van der Waals surface area contributed by atoms with Crippen molar-refractivity contribution in [3.8, 4) is 0 Å². The predicted octanol–water partition coefficient (Wildman–Crippen LogP) is 3.99. The summed E-state index contributed by atoms with van der Waals surface area (Å²) >= 11 is 0. The molecular weight excluding hydrogens is 352 g/mol. The third-order valence-electron chi connectivity index (χ3n) is 4.83. The van der Waals surface area contributed by atoms with Crippen LogP contribution >= 0.6 is 0 Å². The fraction of sp³-hybridized carbons (Fsp3) is 0.632. The minimum atomic E-state index is -3.73. The number of nitrogens with one attached hydrogen (secondary N) is 2. The van der Waals surface area contributed by atoms with E-state index >= 15 is 0 Å². The average molecular weight is 383 g/mol. The summed E-state index contributed by atoms with van der Waals surface area (Å²) in [6, 6.07) is 4.33. The maximum atomic E-state index is 12.7. The molecule has 0 aliphatic heterocycles. The number of rotatable bonds is 8. The standard InChI is InChI=1S/C19H30N2O4S/c1-3-8-14(2)20-18-12-11-16(13-17(18)19(22)23)26(24,25)21-15-9-6-4-5-7-10-15/h11-15,20-21H,3-10H2,1-2H3,(H,22,23)/t14-/m0/s1. The van der Waals surface area contributed by atoms with E-state index in [-0.39, 0.29) is 22.5 Å². The van der Waals surface area contributed by atoms with Crippen molar-refractivity contribution >= 4 is 21.7 Å². The second-order valence-corrected chi connectivity index (χ2v) is 8.87. The molecule has 0 spiro atoms. The second-order valence-electron chi connectivity index (χ2n) is 7.16. The van der Waals surface area contributed by atoms with Gasteiger partial charge in [0.2, 0.25) is 10.0 Å². The third kappa shape index (κ3) is 5.71. The molecule has 1 aliphatic rings. The molecule has 146 valence electrons. The Labute approximate surface area is 156 Å². The first-order valence-electron chi connectivity index (χ1n) is 9.49. The fourth-order valence-corrected chi connectivity index (χ4v) is 4.78. The molecule has 0 unspecified atom stereocenters. The van der Waals surface area contributed by atoms with Gasteiger partial charge in [0, 0.05) is 17.8 Å². The highest BCUT2D eigenvalue weighted by Gasteiger charge is 2.23. The fourth-order valence-electron chi connectivity index (χ4n) is 3.45. The molecule has 3 N–H and O–H groups in total. The molecule has 0 aromatic heterocycles. The van der Waals surface area contributed by atoms with E-state index in [0.717, 1.165) is 51.4 Å². The number of carbonyl (C=O) groups is 1. The van der Waals surface area contributed by atoms with E-state index in [1.165, 1.54) is 12.1 Å². The smallest absolute Gasteiger partial charge is 0.337 e. The molecule has 1 saturated carbocycles. The first-order valence-corrected chi connectivity index (χ1v) is 11.0. The summed E-state index contributed by atoms with van der Waals surface area (Å²) in [7, 11) is -3.73. The maximum Gasteiger partial charge on any atom is 0.337 e. The van der Waals surface area contributed by atoms with Crippen LogP contribution < -0.4 is 10.0 Å². The first-order chi connectivity index (χ1) is 12.3. The highest BCUT2D eigenvalue weighted by molar-refractivity contribution is 7.89. The summed E-state index contributed by atoms with van der Waals surface area (Å²) in [4.78, 5) is 11.6. The van der Waals surface area contributed by atoms with Gasteiger partial charge in [-0.3, -0.25) is 0 Å². The van der Waals surface area contributed by atoms with Crippen LogP contribution in [0, 0.1) is 0 Å². The summed E-state index contributed by atoms with van der Waals surface area (Å²) in [5.74, 6) is -1.14. The van der Waals surface area contributed by atoms with Gasteiger partial charge in [-0.15, -0.1) is 0 Å². The minimum absolute atomic E-state index is 0.00726. The zero-order valence-corrected chi connectivity index (χ0v) is 16.4. The van der Waals surface area contributed by atoms with Crippen LogP contribution in [-0.4, -0.2) is 31.6 Å². The molecule has 1 atom stereocenters.